The van der Waals surface area contributed by atoms with Crippen molar-refractivity contribution in [2.75, 3.05) is 11.5 Å². The summed E-state index contributed by atoms with van der Waals surface area (Å²) in [6, 6.07) is 26.3. The molecule has 0 aromatic heterocycles. The first-order valence-electron chi connectivity index (χ1n) is 9.95. The molecule has 0 spiro atoms. The summed E-state index contributed by atoms with van der Waals surface area (Å²) in [7, 11) is 0. The molecule has 0 saturated carbocycles. The number of ketones is 2. The van der Waals surface area contributed by atoms with Crippen LogP contribution in [0.15, 0.2) is 105 Å². The summed E-state index contributed by atoms with van der Waals surface area (Å²) < 4.78 is 0. The van der Waals surface area contributed by atoms with Gasteiger partial charge in [-0.1, -0.05) is 84.2 Å². The molecule has 0 radical (unpaired) electrons. The molecule has 4 N–H and O–H groups in total. The molecule has 0 unspecified atom stereocenters. The minimum Gasteiger partial charge on any atom is -0.396 e. The number of anilines is 2. The number of benzene rings is 4. The van der Waals surface area contributed by atoms with Crippen LogP contribution in [0.2, 0.25) is 0 Å². The average Bonchev–Trinajstić information content (AvgIpc) is 2.83. The van der Waals surface area contributed by atoms with E-state index in [0.717, 1.165) is 9.79 Å². The molecular formula is C26H18N2O2S2. The smallest absolute Gasteiger partial charge is 0.196 e. The fourth-order valence-electron chi connectivity index (χ4n) is 3.75. The molecule has 4 aromatic rings. The van der Waals surface area contributed by atoms with Crippen molar-refractivity contribution in [3.63, 3.8) is 0 Å². The van der Waals surface area contributed by atoms with Gasteiger partial charge in [0.1, 0.15) is 0 Å². The fraction of sp³-hybridized carbons (Fsp3) is 0. The topological polar surface area (TPSA) is 86.2 Å². The SMILES string of the molecule is Nc1c(N)c2c(c(Sc3ccccc3)c1Sc1ccccc1)C(=O)c1ccccc1C2=O. The number of carbonyl (C=O) groups excluding carboxylic acids is 2. The molecule has 0 bridgehead atoms. The van der Waals surface area contributed by atoms with Gasteiger partial charge in [0, 0.05) is 25.8 Å². The molecule has 4 nitrogen and oxygen atoms in total. The van der Waals surface area contributed by atoms with Gasteiger partial charge in [-0.2, -0.15) is 0 Å². The van der Waals surface area contributed by atoms with Crippen LogP contribution in [-0.4, -0.2) is 11.6 Å². The highest BCUT2D eigenvalue weighted by Crippen LogP contribution is 2.50. The lowest BCUT2D eigenvalue weighted by molar-refractivity contribution is 0.0977. The lowest BCUT2D eigenvalue weighted by atomic mass is 9.83. The number of hydrogen-bond donors (Lipinski definition) is 2. The third-order valence-corrected chi connectivity index (χ3v) is 7.67. The predicted molar refractivity (Wildman–Crippen MR) is 130 cm³/mol. The summed E-state index contributed by atoms with van der Waals surface area (Å²) in [5.41, 5.74) is 14.7. The summed E-state index contributed by atoms with van der Waals surface area (Å²) in [4.78, 5) is 30.3. The van der Waals surface area contributed by atoms with Crippen LogP contribution in [0.5, 0.6) is 0 Å². The highest BCUT2D eigenvalue weighted by Gasteiger charge is 2.36. The van der Waals surface area contributed by atoms with Gasteiger partial charge in [0.2, 0.25) is 0 Å². The van der Waals surface area contributed by atoms with Gasteiger partial charge in [-0.3, -0.25) is 9.59 Å². The average molecular weight is 455 g/mol. The Morgan fingerprint density at radius 2 is 0.938 bits per heavy atom. The van der Waals surface area contributed by atoms with Gasteiger partial charge in [0.25, 0.3) is 0 Å². The largest absolute Gasteiger partial charge is 0.396 e. The van der Waals surface area contributed by atoms with Crippen LogP contribution >= 0.6 is 23.5 Å². The molecule has 4 aromatic carbocycles. The molecule has 1 aliphatic carbocycles. The Morgan fingerprint density at radius 1 is 0.500 bits per heavy atom. The van der Waals surface area contributed by atoms with Gasteiger partial charge in [0.15, 0.2) is 11.6 Å². The normalized spacial score (nSPS) is 12.4. The quantitative estimate of drug-likeness (QED) is 0.327. The third kappa shape index (κ3) is 3.38. The summed E-state index contributed by atoms with van der Waals surface area (Å²) in [6.07, 6.45) is 0. The van der Waals surface area contributed by atoms with E-state index in [9.17, 15) is 9.59 Å². The molecule has 6 heteroatoms. The Morgan fingerprint density at radius 3 is 1.47 bits per heavy atom. The summed E-state index contributed by atoms with van der Waals surface area (Å²) in [6.45, 7) is 0. The zero-order valence-corrected chi connectivity index (χ0v) is 18.5. The van der Waals surface area contributed by atoms with Crippen LogP contribution in [0.3, 0.4) is 0 Å². The van der Waals surface area contributed by atoms with Crippen molar-refractivity contribution in [3.8, 4) is 0 Å². The van der Waals surface area contributed by atoms with E-state index in [1.165, 1.54) is 23.5 Å². The van der Waals surface area contributed by atoms with Gasteiger partial charge in [-0.15, -0.1) is 0 Å². The molecule has 1 aliphatic rings. The van der Waals surface area contributed by atoms with Crippen LogP contribution in [0.1, 0.15) is 31.8 Å². The highest BCUT2D eigenvalue weighted by molar-refractivity contribution is 8.02. The van der Waals surface area contributed by atoms with E-state index < -0.39 is 0 Å². The van der Waals surface area contributed by atoms with Gasteiger partial charge in [-0.25, -0.2) is 0 Å². The molecule has 156 valence electrons. The number of hydrogen-bond acceptors (Lipinski definition) is 6. The maximum atomic E-state index is 13.7. The maximum Gasteiger partial charge on any atom is 0.196 e. The predicted octanol–water partition coefficient (Wildman–Crippen LogP) is 5.93. The van der Waals surface area contributed by atoms with Crippen LogP contribution in [0.4, 0.5) is 11.4 Å². The van der Waals surface area contributed by atoms with Gasteiger partial charge in [0.05, 0.1) is 27.4 Å². The van der Waals surface area contributed by atoms with Crippen LogP contribution in [-0.2, 0) is 0 Å². The number of carbonyl (C=O) groups is 2. The van der Waals surface area contributed by atoms with Crippen LogP contribution in [0.25, 0.3) is 0 Å². The van der Waals surface area contributed by atoms with Crippen molar-refractivity contribution in [2.45, 2.75) is 19.6 Å². The minimum absolute atomic E-state index is 0.156. The Labute approximate surface area is 194 Å². The first-order chi connectivity index (χ1) is 15.6. The second kappa shape index (κ2) is 8.22. The lowest BCUT2D eigenvalue weighted by Gasteiger charge is -2.25. The number of nitrogens with two attached hydrogens (primary N) is 2. The van der Waals surface area contributed by atoms with Crippen molar-refractivity contribution in [1.29, 1.82) is 0 Å². The molecule has 32 heavy (non-hydrogen) atoms. The van der Waals surface area contributed by atoms with Gasteiger partial charge >= 0.3 is 0 Å². The Kier molecular flexibility index (Phi) is 5.25. The van der Waals surface area contributed by atoms with Crippen molar-refractivity contribution >= 4 is 46.5 Å². The molecule has 0 saturated heterocycles. The maximum absolute atomic E-state index is 13.7. The number of rotatable bonds is 4. The van der Waals surface area contributed by atoms with E-state index >= 15 is 0 Å². The molecule has 5 rings (SSSR count). The van der Waals surface area contributed by atoms with E-state index in [-0.39, 0.29) is 22.8 Å². The molecule has 0 aliphatic heterocycles. The lowest BCUT2D eigenvalue weighted by Crippen LogP contribution is -2.24. The summed E-state index contributed by atoms with van der Waals surface area (Å²) in [5, 5.41) is 0. The van der Waals surface area contributed by atoms with Crippen molar-refractivity contribution in [1.82, 2.24) is 0 Å². The van der Waals surface area contributed by atoms with Gasteiger partial charge < -0.3 is 11.5 Å². The third-order valence-electron chi connectivity index (χ3n) is 5.28. The van der Waals surface area contributed by atoms with E-state index in [1.54, 1.807) is 24.3 Å². The van der Waals surface area contributed by atoms with Crippen molar-refractivity contribution in [3.05, 3.63) is 107 Å². The molecule has 0 amide bonds. The van der Waals surface area contributed by atoms with E-state index in [4.69, 9.17) is 11.5 Å². The second-order valence-corrected chi connectivity index (χ2v) is 9.44. The van der Waals surface area contributed by atoms with E-state index in [0.29, 0.717) is 32.2 Å². The van der Waals surface area contributed by atoms with Crippen LogP contribution in [0, 0.1) is 0 Å². The Hall–Kier alpha value is -3.48. The second-order valence-electron chi connectivity index (χ2n) is 7.27. The van der Waals surface area contributed by atoms with Crippen molar-refractivity contribution < 1.29 is 9.59 Å². The molecule has 0 fully saturated rings. The zero-order chi connectivity index (χ0) is 22.2. The highest BCUT2D eigenvalue weighted by atomic mass is 32.2. The minimum atomic E-state index is -0.273. The number of nitrogen functional groups attached to an aromatic ring is 2. The summed E-state index contributed by atoms with van der Waals surface area (Å²) in [5.74, 6) is -0.485. The standard InChI is InChI=1S/C26H18N2O2S2/c27-21-19-20(24(30)18-14-8-7-13-17(18)23(19)29)25(31-15-9-3-1-4-10-15)26(22(21)28)32-16-11-5-2-6-12-16/h1-14H,27-28H2. The summed E-state index contributed by atoms with van der Waals surface area (Å²) >= 11 is 2.86. The number of fused-ring (bicyclic) bond motifs is 2. The zero-order valence-electron chi connectivity index (χ0n) is 16.9. The van der Waals surface area contributed by atoms with E-state index in [1.807, 2.05) is 60.7 Å². The Bertz CT molecular complexity index is 1370. The first kappa shape index (κ1) is 20.4. The molecule has 0 atom stereocenters. The molecular weight excluding hydrogens is 436 g/mol. The van der Waals surface area contributed by atoms with Gasteiger partial charge in [-0.05, 0) is 24.3 Å². The Balaban J connectivity index is 1.79. The van der Waals surface area contributed by atoms with Crippen LogP contribution < -0.4 is 11.5 Å². The fourth-order valence-corrected chi connectivity index (χ4v) is 5.98. The molecule has 0 heterocycles. The first-order valence-corrected chi connectivity index (χ1v) is 11.6. The monoisotopic (exact) mass is 454 g/mol. The van der Waals surface area contributed by atoms with E-state index in [2.05, 4.69) is 0 Å². The van der Waals surface area contributed by atoms with Crippen molar-refractivity contribution in [2.24, 2.45) is 0 Å².